The summed E-state index contributed by atoms with van der Waals surface area (Å²) in [6.45, 7) is 3.86. The van der Waals surface area contributed by atoms with Gasteiger partial charge in [0.05, 0.1) is 6.04 Å². The Morgan fingerprint density at radius 1 is 1.38 bits per heavy atom. The van der Waals surface area contributed by atoms with Crippen molar-refractivity contribution in [1.82, 2.24) is 9.55 Å². The van der Waals surface area contributed by atoms with Crippen LogP contribution in [-0.4, -0.2) is 9.55 Å². The first-order valence-electron chi connectivity index (χ1n) is 5.12. The standard InChI is InChI=1S/C12H13FN2S/c1-8-7-15(12(16)14-8)9(2)10-5-3-4-6-11(10)13/h3-7,9H,1-2H3,(H,14,16). The van der Waals surface area contributed by atoms with Crippen LogP contribution in [0.3, 0.4) is 0 Å². The molecule has 0 saturated carbocycles. The first-order chi connectivity index (χ1) is 7.59. The molecule has 0 aliphatic heterocycles. The molecule has 16 heavy (non-hydrogen) atoms. The van der Waals surface area contributed by atoms with Gasteiger partial charge in [-0.15, -0.1) is 0 Å². The van der Waals surface area contributed by atoms with Gasteiger partial charge in [0.15, 0.2) is 4.77 Å². The molecule has 1 aromatic heterocycles. The average Bonchev–Trinajstić information content (AvgIpc) is 2.58. The van der Waals surface area contributed by atoms with Crippen molar-refractivity contribution in [1.29, 1.82) is 0 Å². The van der Waals surface area contributed by atoms with Crippen molar-refractivity contribution in [3.05, 3.63) is 52.3 Å². The van der Waals surface area contributed by atoms with Gasteiger partial charge in [-0.2, -0.15) is 0 Å². The van der Waals surface area contributed by atoms with E-state index in [-0.39, 0.29) is 11.9 Å². The first-order valence-corrected chi connectivity index (χ1v) is 5.52. The zero-order valence-electron chi connectivity index (χ0n) is 9.20. The van der Waals surface area contributed by atoms with Gasteiger partial charge in [-0.05, 0) is 32.1 Å². The summed E-state index contributed by atoms with van der Waals surface area (Å²) in [5.74, 6) is -0.198. The molecular weight excluding hydrogens is 223 g/mol. The van der Waals surface area contributed by atoms with Crippen LogP contribution in [0, 0.1) is 17.5 Å². The number of benzene rings is 1. The number of rotatable bonds is 2. The highest BCUT2D eigenvalue weighted by Gasteiger charge is 2.12. The number of nitrogens with one attached hydrogen (secondary N) is 1. The van der Waals surface area contributed by atoms with E-state index >= 15 is 0 Å². The summed E-state index contributed by atoms with van der Waals surface area (Å²) < 4.78 is 16.1. The summed E-state index contributed by atoms with van der Waals surface area (Å²) in [5, 5.41) is 0. The van der Waals surface area contributed by atoms with E-state index in [1.807, 2.05) is 30.7 Å². The molecule has 2 rings (SSSR count). The van der Waals surface area contributed by atoms with Crippen molar-refractivity contribution in [3.63, 3.8) is 0 Å². The Morgan fingerprint density at radius 2 is 2.06 bits per heavy atom. The molecule has 0 spiro atoms. The molecule has 1 aromatic carbocycles. The van der Waals surface area contributed by atoms with Crippen LogP contribution in [0.4, 0.5) is 4.39 Å². The number of hydrogen-bond donors (Lipinski definition) is 1. The fraction of sp³-hybridized carbons (Fsp3) is 0.250. The highest BCUT2D eigenvalue weighted by Crippen LogP contribution is 2.21. The van der Waals surface area contributed by atoms with Crippen molar-refractivity contribution >= 4 is 12.2 Å². The van der Waals surface area contributed by atoms with Gasteiger partial charge in [-0.1, -0.05) is 18.2 Å². The molecule has 1 atom stereocenters. The zero-order valence-corrected chi connectivity index (χ0v) is 10.0. The van der Waals surface area contributed by atoms with Gasteiger partial charge in [0.1, 0.15) is 5.82 Å². The molecule has 0 bridgehead atoms. The Morgan fingerprint density at radius 3 is 2.62 bits per heavy atom. The fourth-order valence-electron chi connectivity index (χ4n) is 1.78. The van der Waals surface area contributed by atoms with Crippen LogP contribution in [0.2, 0.25) is 0 Å². The number of aromatic amines is 1. The van der Waals surface area contributed by atoms with Crippen LogP contribution in [0.5, 0.6) is 0 Å². The monoisotopic (exact) mass is 236 g/mol. The molecule has 4 heteroatoms. The van der Waals surface area contributed by atoms with E-state index in [0.717, 1.165) is 5.69 Å². The second-order valence-corrected chi connectivity index (χ2v) is 4.23. The number of imidazole rings is 1. The molecular formula is C12H13FN2S. The predicted octanol–water partition coefficient (Wildman–Crippen LogP) is 3.60. The lowest BCUT2D eigenvalue weighted by molar-refractivity contribution is 0.554. The smallest absolute Gasteiger partial charge is 0.177 e. The van der Waals surface area contributed by atoms with Gasteiger partial charge in [0.25, 0.3) is 0 Å². The lowest BCUT2D eigenvalue weighted by Crippen LogP contribution is -2.07. The highest BCUT2D eigenvalue weighted by molar-refractivity contribution is 7.71. The van der Waals surface area contributed by atoms with E-state index in [9.17, 15) is 4.39 Å². The quantitative estimate of drug-likeness (QED) is 0.790. The molecule has 0 aliphatic carbocycles. The van der Waals surface area contributed by atoms with E-state index in [2.05, 4.69) is 4.98 Å². The molecule has 2 aromatic rings. The van der Waals surface area contributed by atoms with Crippen molar-refractivity contribution in [2.75, 3.05) is 0 Å². The van der Waals surface area contributed by atoms with Crippen LogP contribution in [0.15, 0.2) is 30.5 Å². The number of aromatic nitrogens is 2. The zero-order chi connectivity index (χ0) is 11.7. The fourth-order valence-corrected chi connectivity index (χ4v) is 2.16. The van der Waals surface area contributed by atoms with Crippen LogP contribution in [-0.2, 0) is 0 Å². The largest absolute Gasteiger partial charge is 0.335 e. The number of hydrogen-bond acceptors (Lipinski definition) is 1. The third-order valence-corrected chi connectivity index (χ3v) is 2.96. The minimum atomic E-state index is -0.198. The molecule has 1 heterocycles. The Bertz CT molecular complexity index is 556. The summed E-state index contributed by atoms with van der Waals surface area (Å²) in [5.41, 5.74) is 1.63. The summed E-state index contributed by atoms with van der Waals surface area (Å²) in [7, 11) is 0. The van der Waals surface area contributed by atoms with E-state index in [0.29, 0.717) is 10.3 Å². The molecule has 0 amide bonds. The molecule has 1 N–H and O–H groups in total. The molecule has 0 aliphatic rings. The van der Waals surface area contributed by atoms with E-state index in [1.54, 1.807) is 12.1 Å². The van der Waals surface area contributed by atoms with Crippen LogP contribution in [0.25, 0.3) is 0 Å². The summed E-state index contributed by atoms with van der Waals surface area (Å²) in [6, 6.07) is 6.67. The summed E-state index contributed by atoms with van der Waals surface area (Å²) in [6.07, 6.45) is 1.90. The van der Waals surface area contributed by atoms with Crippen LogP contribution < -0.4 is 0 Å². The second kappa shape index (κ2) is 4.22. The van der Waals surface area contributed by atoms with Crippen molar-refractivity contribution in [3.8, 4) is 0 Å². The van der Waals surface area contributed by atoms with Crippen LogP contribution in [0.1, 0.15) is 24.2 Å². The van der Waals surface area contributed by atoms with Gasteiger partial charge in [-0.3, -0.25) is 0 Å². The Kier molecular flexibility index (Phi) is 2.92. The summed E-state index contributed by atoms with van der Waals surface area (Å²) >= 11 is 5.18. The topological polar surface area (TPSA) is 20.7 Å². The normalized spacial score (nSPS) is 12.7. The molecule has 0 radical (unpaired) electrons. The van der Waals surface area contributed by atoms with Gasteiger partial charge in [0, 0.05) is 17.5 Å². The molecule has 0 fully saturated rings. The second-order valence-electron chi connectivity index (χ2n) is 3.85. The lowest BCUT2D eigenvalue weighted by atomic mass is 10.1. The van der Waals surface area contributed by atoms with E-state index < -0.39 is 0 Å². The molecule has 0 saturated heterocycles. The third-order valence-electron chi connectivity index (χ3n) is 2.64. The first kappa shape index (κ1) is 11.1. The lowest BCUT2D eigenvalue weighted by Gasteiger charge is -2.14. The Hall–Kier alpha value is -1.42. The number of aryl methyl sites for hydroxylation is 1. The van der Waals surface area contributed by atoms with Crippen LogP contribution >= 0.6 is 12.2 Å². The maximum absolute atomic E-state index is 13.6. The Labute approximate surface area is 98.7 Å². The van der Waals surface area contributed by atoms with E-state index in [1.165, 1.54) is 6.07 Å². The van der Waals surface area contributed by atoms with Crippen molar-refractivity contribution in [2.24, 2.45) is 0 Å². The third kappa shape index (κ3) is 1.93. The number of halogens is 1. The van der Waals surface area contributed by atoms with Crippen molar-refractivity contribution in [2.45, 2.75) is 19.9 Å². The SMILES string of the molecule is Cc1cn(C(C)c2ccccc2F)c(=S)[nH]1. The molecule has 1 unspecified atom stereocenters. The highest BCUT2D eigenvalue weighted by atomic mass is 32.1. The number of H-pyrrole nitrogens is 1. The molecule has 2 nitrogen and oxygen atoms in total. The number of nitrogens with zero attached hydrogens (tertiary/aromatic N) is 1. The predicted molar refractivity (Wildman–Crippen MR) is 64.6 cm³/mol. The van der Waals surface area contributed by atoms with Gasteiger partial charge < -0.3 is 9.55 Å². The van der Waals surface area contributed by atoms with E-state index in [4.69, 9.17) is 12.2 Å². The van der Waals surface area contributed by atoms with Gasteiger partial charge in [0.2, 0.25) is 0 Å². The van der Waals surface area contributed by atoms with Gasteiger partial charge in [-0.25, -0.2) is 4.39 Å². The van der Waals surface area contributed by atoms with Gasteiger partial charge >= 0.3 is 0 Å². The average molecular weight is 236 g/mol. The minimum Gasteiger partial charge on any atom is -0.335 e. The minimum absolute atomic E-state index is 0.0985. The maximum Gasteiger partial charge on any atom is 0.177 e. The Balaban J connectivity index is 2.47. The summed E-state index contributed by atoms with van der Waals surface area (Å²) in [4.78, 5) is 3.03. The molecule has 84 valence electrons. The maximum atomic E-state index is 13.6. The van der Waals surface area contributed by atoms with Crippen molar-refractivity contribution < 1.29 is 4.39 Å².